The molecule has 2 N–H and O–H groups in total. The molecule has 7 nitrogen and oxygen atoms in total. The van der Waals surface area contributed by atoms with Crippen LogP contribution in [0.1, 0.15) is 22.7 Å². The number of pyridine rings is 1. The van der Waals surface area contributed by atoms with E-state index in [0.717, 1.165) is 5.56 Å². The molecule has 1 atom stereocenters. The second-order valence-corrected chi connectivity index (χ2v) is 7.63. The van der Waals surface area contributed by atoms with Crippen molar-refractivity contribution >= 4 is 29.1 Å². The molecule has 1 aromatic heterocycles. The van der Waals surface area contributed by atoms with E-state index >= 15 is 0 Å². The van der Waals surface area contributed by atoms with E-state index in [9.17, 15) is 19.8 Å². The zero-order chi connectivity index (χ0) is 22.8. The quantitative estimate of drug-likeness (QED) is 0.345. The Hall–Kier alpha value is -3.84. The van der Waals surface area contributed by atoms with Crippen LogP contribution in [0.3, 0.4) is 0 Å². The highest BCUT2D eigenvalue weighted by Gasteiger charge is 2.46. The number of aliphatic hydroxyl groups is 1. The lowest BCUT2D eigenvalue weighted by Gasteiger charge is -2.25. The highest BCUT2D eigenvalue weighted by molar-refractivity contribution is 6.46. The van der Waals surface area contributed by atoms with Gasteiger partial charge in [-0.25, -0.2) is 0 Å². The van der Waals surface area contributed by atoms with Crippen LogP contribution in [0.25, 0.3) is 5.76 Å². The zero-order valence-corrected chi connectivity index (χ0v) is 17.8. The lowest BCUT2D eigenvalue weighted by molar-refractivity contribution is -0.140. The van der Waals surface area contributed by atoms with E-state index in [2.05, 4.69) is 4.98 Å². The number of amides is 1. The molecular formula is C24H19ClN2O5. The Morgan fingerprint density at radius 3 is 2.41 bits per heavy atom. The number of phenols is 1. The van der Waals surface area contributed by atoms with Crippen molar-refractivity contribution in [1.82, 2.24) is 9.88 Å². The average Bonchev–Trinajstić information content (AvgIpc) is 3.04. The largest absolute Gasteiger partial charge is 0.508 e. The van der Waals surface area contributed by atoms with Gasteiger partial charge in [-0.1, -0.05) is 23.7 Å². The van der Waals surface area contributed by atoms with Crippen LogP contribution < -0.4 is 4.74 Å². The van der Waals surface area contributed by atoms with E-state index in [1.807, 2.05) is 0 Å². The second-order valence-electron chi connectivity index (χ2n) is 7.22. The molecule has 4 rings (SSSR count). The van der Waals surface area contributed by atoms with E-state index in [1.54, 1.807) is 48.8 Å². The molecule has 1 aliphatic heterocycles. The maximum Gasteiger partial charge on any atom is 0.295 e. The maximum atomic E-state index is 13.1. The summed E-state index contributed by atoms with van der Waals surface area (Å²) in [5, 5.41) is 21.0. The van der Waals surface area contributed by atoms with Gasteiger partial charge in [-0.05, 0) is 53.6 Å². The van der Waals surface area contributed by atoms with Crippen LogP contribution in [-0.2, 0) is 16.1 Å². The number of benzene rings is 2. The van der Waals surface area contributed by atoms with Gasteiger partial charge in [0.05, 0.1) is 23.7 Å². The Labute approximate surface area is 189 Å². The first-order chi connectivity index (χ1) is 15.4. The summed E-state index contributed by atoms with van der Waals surface area (Å²) in [6.45, 7) is 0.138. The monoisotopic (exact) mass is 450 g/mol. The molecule has 0 bridgehead atoms. The van der Waals surface area contributed by atoms with Gasteiger partial charge >= 0.3 is 0 Å². The van der Waals surface area contributed by atoms with E-state index in [0.29, 0.717) is 11.3 Å². The SMILES string of the molecule is COc1ccc(/C(O)=C2/C(=O)C(=O)N(Cc3ccncc3)C2c2ccc(O)cc2)cc1Cl. The molecule has 1 aliphatic rings. The third kappa shape index (κ3) is 3.90. The van der Waals surface area contributed by atoms with Crippen molar-refractivity contribution in [2.45, 2.75) is 12.6 Å². The lowest BCUT2D eigenvalue weighted by Crippen LogP contribution is -2.29. The minimum atomic E-state index is -0.857. The Morgan fingerprint density at radius 1 is 1.09 bits per heavy atom. The first-order valence-corrected chi connectivity index (χ1v) is 10.1. The number of aromatic nitrogens is 1. The molecule has 0 spiro atoms. The zero-order valence-electron chi connectivity index (χ0n) is 17.0. The van der Waals surface area contributed by atoms with Gasteiger partial charge in [0.2, 0.25) is 0 Å². The number of carbonyl (C=O) groups excluding carboxylic acids is 2. The van der Waals surface area contributed by atoms with Crippen molar-refractivity contribution < 1.29 is 24.5 Å². The summed E-state index contributed by atoms with van der Waals surface area (Å²) in [5.74, 6) is -1.43. The van der Waals surface area contributed by atoms with Crippen molar-refractivity contribution in [2.75, 3.05) is 7.11 Å². The molecule has 1 unspecified atom stereocenters. The molecule has 0 radical (unpaired) electrons. The van der Waals surface area contributed by atoms with Gasteiger partial charge in [-0.2, -0.15) is 0 Å². The van der Waals surface area contributed by atoms with Crippen molar-refractivity contribution in [3.8, 4) is 11.5 Å². The van der Waals surface area contributed by atoms with E-state index in [4.69, 9.17) is 16.3 Å². The van der Waals surface area contributed by atoms with Crippen LogP contribution in [0.15, 0.2) is 72.6 Å². The summed E-state index contributed by atoms with van der Waals surface area (Å²) in [7, 11) is 1.47. The number of ketones is 1. The van der Waals surface area contributed by atoms with Crippen molar-refractivity contribution in [3.05, 3.63) is 94.3 Å². The number of nitrogens with zero attached hydrogens (tertiary/aromatic N) is 2. The minimum absolute atomic E-state index is 0.0433. The highest BCUT2D eigenvalue weighted by Crippen LogP contribution is 2.41. The van der Waals surface area contributed by atoms with E-state index in [-0.39, 0.29) is 34.2 Å². The van der Waals surface area contributed by atoms with Crippen molar-refractivity contribution in [3.63, 3.8) is 0 Å². The Morgan fingerprint density at radius 2 is 1.78 bits per heavy atom. The number of phenolic OH excluding ortho intramolecular Hbond substituents is 1. The molecule has 1 saturated heterocycles. The topological polar surface area (TPSA) is 100.0 Å². The van der Waals surface area contributed by atoms with E-state index < -0.39 is 17.7 Å². The minimum Gasteiger partial charge on any atom is -0.508 e. The third-order valence-corrected chi connectivity index (χ3v) is 5.57. The van der Waals surface area contributed by atoms with Gasteiger partial charge in [0, 0.05) is 24.5 Å². The summed E-state index contributed by atoms with van der Waals surface area (Å²) < 4.78 is 5.14. The fourth-order valence-corrected chi connectivity index (χ4v) is 3.96. The number of ether oxygens (including phenoxy) is 1. The van der Waals surface area contributed by atoms with Crippen LogP contribution in [0.2, 0.25) is 5.02 Å². The summed E-state index contributed by atoms with van der Waals surface area (Å²) in [4.78, 5) is 31.4. The van der Waals surface area contributed by atoms with Gasteiger partial charge in [0.15, 0.2) is 0 Å². The Kier molecular flexibility index (Phi) is 5.83. The van der Waals surface area contributed by atoms with Gasteiger partial charge in [-0.3, -0.25) is 14.6 Å². The Balaban J connectivity index is 1.86. The first kappa shape index (κ1) is 21.4. The number of rotatable bonds is 5. The molecule has 1 amide bonds. The van der Waals surface area contributed by atoms with Gasteiger partial charge in [0.25, 0.3) is 11.7 Å². The number of Topliss-reactive ketones (excluding diaryl/α,β-unsaturated/α-hetero) is 1. The van der Waals surface area contributed by atoms with Gasteiger partial charge < -0.3 is 19.8 Å². The van der Waals surface area contributed by atoms with Crippen LogP contribution in [0.4, 0.5) is 0 Å². The first-order valence-electron chi connectivity index (χ1n) is 9.71. The number of aliphatic hydroxyl groups excluding tert-OH is 1. The summed E-state index contributed by atoms with van der Waals surface area (Å²) in [6.07, 6.45) is 3.20. The van der Waals surface area contributed by atoms with Crippen molar-refractivity contribution in [2.24, 2.45) is 0 Å². The number of halogens is 1. The van der Waals surface area contributed by atoms with Crippen LogP contribution in [0.5, 0.6) is 11.5 Å². The number of hydrogen-bond donors (Lipinski definition) is 2. The molecule has 0 aliphatic carbocycles. The molecule has 32 heavy (non-hydrogen) atoms. The van der Waals surface area contributed by atoms with E-state index in [1.165, 1.54) is 30.2 Å². The summed E-state index contributed by atoms with van der Waals surface area (Å²) in [6, 6.07) is 13.4. The smallest absolute Gasteiger partial charge is 0.295 e. The second kappa shape index (κ2) is 8.72. The fourth-order valence-electron chi connectivity index (χ4n) is 3.70. The van der Waals surface area contributed by atoms with Crippen LogP contribution >= 0.6 is 11.6 Å². The molecule has 2 aromatic carbocycles. The standard InChI is InChI=1S/C24H19ClN2O5/c1-32-19-7-4-16(12-18(19)25)22(29)20-21(15-2-5-17(28)6-3-15)27(24(31)23(20)30)13-14-8-10-26-11-9-14/h2-12,21,28-29H,13H2,1H3/b22-20-. The third-order valence-electron chi connectivity index (χ3n) is 5.28. The molecular weight excluding hydrogens is 432 g/mol. The Bertz CT molecular complexity index is 1210. The lowest BCUT2D eigenvalue weighted by atomic mass is 9.95. The van der Waals surface area contributed by atoms with Crippen LogP contribution in [0, 0.1) is 0 Å². The van der Waals surface area contributed by atoms with Gasteiger partial charge in [-0.15, -0.1) is 0 Å². The predicted molar refractivity (Wildman–Crippen MR) is 118 cm³/mol. The number of methoxy groups -OCH3 is 1. The molecule has 3 aromatic rings. The molecule has 0 saturated carbocycles. The molecule has 162 valence electrons. The normalized spacial score (nSPS) is 17.6. The van der Waals surface area contributed by atoms with Gasteiger partial charge in [0.1, 0.15) is 17.3 Å². The predicted octanol–water partition coefficient (Wildman–Crippen LogP) is 4.07. The summed E-state index contributed by atoms with van der Waals surface area (Å²) in [5.41, 5.74) is 1.56. The number of aromatic hydroxyl groups is 1. The fraction of sp³-hybridized carbons (Fsp3) is 0.125. The highest BCUT2D eigenvalue weighted by atomic mass is 35.5. The summed E-state index contributed by atoms with van der Waals surface area (Å²) >= 11 is 6.20. The molecule has 8 heteroatoms. The molecule has 1 fully saturated rings. The molecule has 2 heterocycles. The number of hydrogen-bond acceptors (Lipinski definition) is 6. The number of likely N-dealkylation sites (tertiary alicyclic amines) is 1. The van der Waals surface area contributed by atoms with Crippen LogP contribution in [-0.4, -0.2) is 38.9 Å². The average molecular weight is 451 g/mol. The van der Waals surface area contributed by atoms with Crippen molar-refractivity contribution in [1.29, 1.82) is 0 Å². The number of carbonyl (C=O) groups is 2. The maximum absolute atomic E-state index is 13.1.